The molecular weight excluding hydrogens is 378 g/mol. The van der Waals surface area contributed by atoms with Crippen molar-refractivity contribution in [2.75, 3.05) is 5.32 Å². The molecule has 0 radical (unpaired) electrons. The molecule has 1 heterocycles. The van der Waals surface area contributed by atoms with Gasteiger partial charge in [-0.15, -0.1) is 0 Å². The second-order valence-electron chi connectivity index (χ2n) is 4.66. The summed E-state index contributed by atoms with van der Waals surface area (Å²) in [5.74, 6) is -0.374. The second-order valence-corrected chi connectivity index (χ2v) is 5.99. The van der Waals surface area contributed by atoms with E-state index in [1.165, 1.54) is 0 Å². The van der Waals surface area contributed by atoms with Crippen LogP contribution >= 0.6 is 28.1 Å². The number of thiocarbonyl (C=S) groups is 1. The zero-order valence-electron chi connectivity index (χ0n) is 11.8. The highest BCUT2D eigenvalue weighted by Crippen LogP contribution is 2.16. The van der Waals surface area contributed by atoms with Gasteiger partial charge in [0.25, 0.3) is 5.91 Å². The molecule has 0 fully saturated rings. The number of H-pyrrole nitrogens is 1. The van der Waals surface area contributed by atoms with Crippen LogP contribution in [-0.4, -0.2) is 21.2 Å². The number of hydrazine groups is 1. The fourth-order valence-electron chi connectivity index (χ4n) is 2.04. The molecular formula is C15H12BrN5OS. The Morgan fingerprint density at radius 3 is 2.78 bits per heavy atom. The normalized spacial score (nSPS) is 10.3. The number of hydrogen-bond donors (Lipinski definition) is 4. The van der Waals surface area contributed by atoms with Gasteiger partial charge in [0.2, 0.25) is 0 Å². The Kier molecular flexibility index (Phi) is 4.54. The summed E-state index contributed by atoms with van der Waals surface area (Å²) in [6.45, 7) is 0. The number of aromatic amines is 1. The highest BCUT2D eigenvalue weighted by Gasteiger charge is 2.13. The molecule has 3 rings (SSSR count). The van der Waals surface area contributed by atoms with Crippen LogP contribution in [0.2, 0.25) is 0 Å². The summed E-state index contributed by atoms with van der Waals surface area (Å²) in [5.41, 5.74) is 7.08. The van der Waals surface area contributed by atoms with E-state index in [-0.39, 0.29) is 11.0 Å². The number of aromatic nitrogens is 2. The van der Waals surface area contributed by atoms with Gasteiger partial charge >= 0.3 is 0 Å². The summed E-state index contributed by atoms with van der Waals surface area (Å²) >= 11 is 8.52. The minimum atomic E-state index is -0.374. The average molecular weight is 390 g/mol. The van der Waals surface area contributed by atoms with Crippen molar-refractivity contribution in [2.45, 2.75) is 0 Å². The fourth-order valence-corrected chi connectivity index (χ4v) is 2.61. The van der Waals surface area contributed by atoms with E-state index < -0.39 is 0 Å². The Balaban J connectivity index is 1.61. The van der Waals surface area contributed by atoms with E-state index in [0.717, 1.165) is 21.1 Å². The minimum Gasteiger partial charge on any atom is -0.331 e. The van der Waals surface area contributed by atoms with Crippen LogP contribution in [0.15, 0.2) is 53.0 Å². The maximum absolute atomic E-state index is 12.2. The molecule has 116 valence electrons. The first-order valence-corrected chi connectivity index (χ1v) is 7.89. The van der Waals surface area contributed by atoms with Crippen molar-refractivity contribution in [3.63, 3.8) is 0 Å². The van der Waals surface area contributed by atoms with Gasteiger partial charge in [-0.1, -0.05) is 40.2 Å². The number of carbonyl (C=O) groups excluding carboxylic acids is 1. The minimum absolute atomic E-state index is 0.274. The molecule has 0 unspecified atom stereocenters. The quantitative estimate of drug-likeness (QED) is 0.400. The molecule has 4 N–H and O–H groups in total. The van der Waals surface area contributed by atoms with Crippen molar-refractivity contribution in [2.24, 2.45) is 0 Å². The largest absolute Gasteiger partial charge is 0.331 e. The van der Waals surface area contributed by atoms with Crippen LogP contribution in [0.5, 0.6) is 0 Å². The van der Waals surface area contributed by atoms with E-state index in [1.54, 1.807) is 0 Å². The van der Waals surface area contributed by atoms with Crippen molar-refractivity contribution in [3.05, 3.63) is 58.7 Å². The highest BCUT2D eigenvalue weighted by molar-refractivity contribution is 9.10. The molecule has 0 aliphatic heterocycles. The summed E-state index contributed by atoms with van der Waals surface area (Å²) in [5, 5.41) is 10.8. The van der Waals surface area contributed by atoms with Crippen molar-refractivity contribution < 1.29 is 4.79 Å². The number of fused-ring (bicyclic) bond motifs is 1. The number of amides is 1. The van der Waals surface area contributed by atoms with Gasteiger partial charge in [0.1, 0.15) is 0 Å². The van der Waals surface area contributed by atoms with Crippen LogP contribution in [-0.2, 0) is 0 Å². The lowest BCUT2D eigenvalue weighted by molar-refractivity contribution is 0.0940. The summed E-state index contributed by atoms with van der Waals surface area (Å²) < 4.78 is 0.928. The van der Waals surface area contributed by atoms with E-state index in [2.05, 4.69) is 42.3 Å². The molecule has 0 spiro atoms. The number of benzene rings is 2. The fraction of sp³-hybridized carbons (Fsp3) is 0. The lowest BCUT2D eigenvalue weighted by Crippen LogP contribution is -2.43. The first kappa shape index (κ1) is 15.4. The van der Waals surface area contributed by atoms with Crippen molar-refractivity contribution in [3.8, 4) is 0 Å². The van der Waals surface area contributed by atoms with E-state index >= 15 is 0 Å². The third-order valence-corrected chi connectivity index (χ3v) is 3.75. The standard InChI is InChI=1S/C15H12BrN5OS/c16-9-4-3-5-10(8-9)17-15(23)21-20-14(22)13-11-6-1-2-7-12(11)18-19-13/h1-8H,(H,18,19)(H,20,22)(H2,17,21,23). The average Bonchev–Trinajstić information content (AvgIpc) is 2.97. The Hall–Kier alpha value is -2.45. The van der Waals surface area contributed by atoms with Crippen molar-refractivity contribution in [1.29, 1.82) is 0 Å². The zero-order chi connectivity index (χ0) is 16.2. The maximum Gasteiger partial charge on any atom is 0.290 e. The van der Waals surface area contributed by atoms with Gasteiger partial charge in [-0.3, -0.25) is 20.7 Å². The molecule has 0 aliphatic carbocycles. The molecule has 1 aromatic heterocycles. The van der Waals surface area contributed by atoms with E-state index in [4.69, 9.17) is 12.2 Å². The SMILES string of the molecule is O=C(NNC(=S)Nc1cccc(Br)c1)c1n[nH]c2ccccc12. The summed E-state index contributed by atoms with van der Waals surface area (Å²) in [7, 11) is 0. The van der Waals surface area contributed by atoms with Crippen LogP contribution in [0.3, 0.4) is 0 Å². The molecule has 2 aromatic carbocycles. The lowest BCUT2D eigenvalue weighted by atomic mass is 10.2. The number of nitrogens with one attached hydrogen (secondary N) is 4. The maximum atomic E-state index is 12.2. The molecule has 0 saturated carbocycles. The monoisotopic (exact) mass is 389 g/mol. The van der Waals surface area contributed by atoms with Crippen LogP contribution < -0.4 is 16.2 Å². The number of halogens is 1. The van der Waals surface area contributed by atoms with Crippen LogP contribution in [0.4, 0.5) is 5.69 Å². The van der Waals surface area contributed by atoms with Gasteiger partial charge < -0.3 is 5.32 Å². The highest BCUT2D eigenvalue weighted by atomic mass is 79.9. The number of nitrogens with zero attached hydrogens (tertiary/aromatic N) is 1. The van der Waals surface area contributed by atoms with Crippen LogP contribution in [0.25, 0.3) is 10.9 Å². The van der Waals surface area contributed by atoms with Crippen LogP contribution in [0, 0.1) is 0 Å². The summed E-state index contributed by atoms with van der Waals surface area (Å²) in [6, 6.07) is 14.9. The molecule has 23 heavy (non-hydrogen) atoms. The van der Waals surface area contributed by atoms with Gasteiger partial charge in [-0.2, -0.15) is 5.10 Å². The topological polar surface area (TPSA) is 81.8 Å². The zero-order valence-corrected chi connectivity index (χ0v) is 14.2. The molecule has 1 amide bonds. The third kappa shape index (κ3) is 3.66. The molecule has 8 heteroatoms. The number of rotatable bonds is 2. The van der Waals surface area contributed by atoms with Gasteiger partial charge in [0, 0.05) is 15.5 Å². The Morgan fingerprint density at radius 1 is 1.13 bits per heavy atom. The van der Waals surface area contributed by atoms with Gasteiger partial charge in [-0.05, 0) is 36.5 Å². The van der Waals surface area contributed by atoms with E-state index in [9.17, 15) is 4.79 Å². The molecule has 0 aliphatic rings. The number of hydrogen-bond acceptors (Lipinski definition) is 3. The van der Waals surface area contributed by atoms with Crippen molar-refractivity contribution >= 4 is 55.8 Å². The van der Waals surface area contributed by atoms with Gasteiger partial charge in [0.15, 0.2) is 10.8 Å². The number of carbonyl (C=O) groups is 1. The molecule has 0 saturated heterocycles. The lowest BCUT2D eigenvalue weighted by Gasteiger charge is -2.11. The Labute approximate surface area is 145 Å². The first-order valence-electron chi connectivity index (χ1n) is 6.69. The van der Waals surface area contributed by atoms with Crippen LogP contribution in [0.1, 0.15) is 10.5 Å². The van der Waals surface area contributed by atoms with E-state index in [0.29, 0.717) is 5.69 Å². The molecule has 6 nitrogen and oxygen atoms in total. The first-order chi connectivity index (χ1) is 11.1. The van der Waals surface area contributed by atoms with Gasteiger partial charge in [-0.25, -0.2) is 0 Å². The predicted octanol–water partition coefficient (Wildman–Crippen LogP) is 2.96. The molecule has 0 atom stereocenters. The number of anilines is 1. The Morgan fingerprint density at radius 2 is 1.96 bits per heavy atom. The predicted molar refractivity (Wildman–Crippen MR) is 97.1 cm³/mol. The third-order valence-electron chi connectivity index (χ3n) is 3.06. The summed E-state index contributed by atoms with van der Waals surface area (Å²) in [6.07, 6.45) is 0. The smallest absolute Gasteiger partial charge is 0.290 e. The Bertz CT molecular complexity index is 879. The van der Waals surface area contributed by atoms with E-state index in [1.807, 2.05) is 48.5 Å². The van der Waals surface area contributed by atoms with Crippen molar-refractivity contribution in [1.82, 2.24) is 21.0 Å². The van der Waals surface area contributed by atoms with Gasteiger partial charge in [0.05, 0.1) is 5.52 Å². The molecule has 3 aromatic rings. The second kappa shape index (κ2) is 6.76. The summed E-state index contributed by atoms with van der Waals surface area (Å²) in [4.78, 5) is 12.2. The molecule has 0 bridgehead atoms. The number of para-hydroxylation sites is 1.